The predicted octanol–water partition coefficient (Wildman–Crippen LogP) is 1.00. The SMILES string of the molecule is Cc1c(OCCC2COC3(CCC3)OC2)ccnc1CS(=O)c1nc2ccccc2[nH]1.[H-].[Na+]. The van der Waals surface area contributed by atoms with Crippen molar-refractivity contribution in [2.45, 2.75) is 49.3 Å². The van der Waals surface area contributed by atoms with Gasteiger partial charge in [-0.25, -0.2) is 4.98 Å². The molecule has 7 nitrogen and oxygen atoms in total. The fourth-order valence-electron chi connectivity index (χ4n) is 3.98. The molecule has 1 aromatic carbocycles. The fraction of sp³-hybridized carbons (Fsp3) is 0.478. The van der Waals surface area contributed by atoms with Gasteiger partial charge in [0.1, 0.15) is 5.75 Å². The maximum atomic E-state index is 12.9. The number of rotatable bonds is 7. The van der Waals surface area contributed by atoms with Crippen molar-refractivity contribution in [1.29, 1.82) is 0 Å². The number of ether oxygens (including phenoxy) is 3. The molecule has 1 spiro atoms. The first-order valence-electron chi connectivity index (χ1n) is 10.8. The predicted molar refractivity (Wildman–Crippen MR) is 118 cm³/mol. The van der Waals surface area contributed by atoms with Crippen molar-refractivity contribution in [3.8, 4) is 5.75 Å². The first kappa shape index (κ1) is 23.9. The summed E-state index contributed by atoms with van der Waals surface area (Å²) in [4.78, 5) is 12.0. The van der Waals surface area contributed by atoms with Crippen molar-refractivity contribution < 1.29 is 49.4 Å². The van der Waals surface area contributed by atoms with E-state index in [2.05, 4.69) is 15.0 Å². The molecule has 1 atom stereocenters. The zero-order valence-electron chi connectivity index (χ0n) is 19.6. The Labute approximate surface area is 213 Å². The van der Waals surface area contributed by atoms with E-state index in [1.54, 1.807) is 6.20 Å². The van der Waals surface area contributed by atoms with Crippen LogP contribution in [0.2, 0.25) is 0 Å². The molecule has 32 heavy (non-hydrogen) atoms. The number of H-pyrrole nitrogens is 1. The molecule has 0 amide bonds. The van der Waals surface area contributed by atoms with Crippen LogP contribution in [0.5, 0.6) is 5.75 Å². The van der Waals surface area contributed by atoms with E-state index in [0.717, 1.165) is 60.5 Å². The van der Waals surface area contributed by atoms with E-state index in [4.69, 9.17) is 14.2 Å². The van der Waals surface area contributed by atoms with Gasteiger partial charge in [0.05, 0.1) is 53.1 Å². The Kier molecular flexibility index (Phi) is 7.69. The minimum Gasteiger partial charge on any atom is -1.00 e. The first-order valence-corrected chi connectivity index (χ1v) is 12.1. The third-order valence-electron chi connectivity index (χ3n) is 6.17. The topological polar surface area (TPSA) is 86.3 Å². The summed E-state index contributed by atoms with van der Waals surface area (Å²) in [5, 5.41) is 0.468. The number of benzene rings is 1. The van der Waals surface area contributed by atoms with E-state index < -0.39 is 10.8 Å². The standard InChI is InChI=1S/C23H27N3O4S.Na.H/c1-16-20(15-31(27)22-25-18-5-2-3-6-19(18)26-22)24-11-7-21(16)28-12-8-17-13-29-23(30-14-17)9-4-10-23;;/h2-3,5-7,11,17H,4,8-10,12-15H2,1H3,(H,25,26);;/q;+1;-1. The maximum absolute atomic E-state index is 12.9. The molecule has 2 aromatic heterocycles. The quantitative estimate of drug-likeness (QED) is 0.524. The smallest absolute Gasteiger partial charge is 1.00 e. The van der Waals surface area contributed by atoms with E-state index in [0.29, 0.717) is 17.7 Å². The molecular weight excluding hydrogens is 437 g/mol. The number of hydrogen-bond acceptors (Lipinski definition) is 6. The van der Waals surface area contributed by atoms with Gasteiger partial charge >= 0.3 is 29.6 Å². The zero-order valence-corrected chi connectivity index (χ0v) is 21.5. The van der Waals surface area contributed by atoms with Gasteiger partial charge in [-0.3, -0.25) is 9.19 Å². The van der Waals surface area contributed by atoms with Gasteiger partial charge in [0.2, 0.25) is 0 Å². The Morgan fingerprint density at radius 2 is 2.03 bits per heavy atom. The van der Waals surface area contributed by atoms with Crippen molar-refractivity contribution in [2.75, 3.05) is 19.8 Å². The van der Waals surface area contributed by atoms with Gasteiger partial charge in [0.15, 0.2) is 10.9 Å². The van der Waals surface area contributed by atoms with Crippen LogP contribution in [0.15, 0.2) is 41.7 Å². The second-order valence-electron chi connectivity index (χ2n) is 8.32. The Hall–Kier alpha value is -1.29. The van der Waals surface area contributed by atoms with Crippen molar-refractivity contribution in [3.05, 3.63) is 47.8 Å². The number of fused-ring (bicyclic) bond motifs is 1. The molecule has 3 aromatic rings. The normalized spacial score (nSPS) is 18.8. The van der Waals surface area contributed by atoms with E-state index in [-0.39, 0.29) is 42.5 Å². The summed E-state index contributed by atoms with van der Waals surface area (Å²) in [5.41, 5.74) is 3.36. The molecular formula is C23H28N3NaO4S. The average Bonchev–Trinajstić information content (AvgIpc) is 3.20. The average molecular weight is 466 g/mol. The van der Waals surface area contributed by atoms with Crippen LogP contribution in [0.1, 0.15) is 38.4 Å². The van der Waals surface area contributed by atoms with Gasteiger partial charge in [-0.2, -0.15) is 0 Å². The second kappa shape index (κ2) is 10.3. The molecule has 1 aliphatic carbocycles. The molecule has 3 heterocycles. The Morgan fingerprint density at radius 1 is 1.25 bits per heavy atom. The van der Waals surface area contributed by atoms with Crippen molar-refractivity contribution in [1.82, 2.24) is 15.0 Å². The van der Waals surface area contributed by atoms with E-state index in [9.17, 15) is 4.21 Å². The number of nitrogens with one attached hydrogen (secondary N) is 1. The number of nitrogens with zero attached hydrogens (tertiary/aromatic N) is 2. The van der Waals surface area contributed by atoms with Crippen LogP contribution in [0.25, 0.3) is 11.0 Å². The third kappa shape index (κ3) is 5.11. The van der Waals surface area contributed by atoms with Crippen LogP contribution in [0.4, 0.5) is 0 Å². The summed E-state index contributed by atoms with van der Waals surface area (Å²) < 4.78 is 30.8. The van der Waals surface area contributed by atoms with Gasteiger partial charge in [-0.15, -0.1) is 0 Å². The zero-order chi connectivity index (χ0) is 21.3. The molecule has 1 saturated carbocycles. The number of imidazole rings is 1. The summed E-state index contributed by atoms with van der Waals surface area (Å²) in [6.07, 6.45) is 5.81. The maximum Gasteiger partial charge on any atom is 1.00 e. The molecule has 1 saturated heterocycles. The van der Waals surface area contributed by atoms with E-state index in [1.165, 1.54) is 6.42 Å². The minimum absolute atomic E-state index is 0. The molecule has 1 N–H and O–H groups in total. The fourth-order valence-corrected chi connectivity index (χ4v) is 5.08. The molecule has 1 aliphatic heterocycles. The van der Waals surface area contributed by atoms with Crippen LogP contribution in [0.3, 0.4) is 0 Å². The Morgan fingerprint density at radius 3 is 2.75 bits per heavy atom. The first-order chi connectivity index (χ1) is 15.1. The second-order valence-corrected chi connectivity index (χ2v) is 9.69. The number of pyridine rings is 1. The molecule has 0 radical (unpaired) electrons. The summed E-state index contributed by atoms with van der Waals surface area (Å²) in [6, 6.07) is 9.53. The van der Waals surface area contributed by atoms with Crippen molar-refractivity contribution in [3.63, 3.8) is 0 Å². The monoisotopic (exact) mass is 465 g/mol. The summed E-state index contributed by atoms with van der Waals surface area (Å²) in [7, 11) is -1.32. The van der Waals surface area contributed by atoms with Crippen LogP contribution in [-0.4, -0.2) is 44.8 Å². The van der Waals surface area contributed by atoms with E-state index in [1.807, 2.05) is 37.3 Å². The number of para-hydroxylation sites is 2. The van der Waals surface area contributed by atoms with Crippen LogP contribution in [-0.2, 0) is 26.0 Å². The van der Waals surface area contributed by atoms with Gasteiger partial charge < -0.3 is 20.6 Å². The molecule has 166 valence electrons. The molecule has 2 fully saturated rings. The largest absolute Gasteiger partial charge is 1.00 e. The summed E-state index contributed by atoms with van der Waals surface area (Å²) in [6.45, 7) is 4.02. The molecule has 9 heteroatoms. The molecule has 2 aliphatic rings. The molecule has 1 unspecified atom stereocenters. The Bertz CT molecular complexity index is 1070. The van der Waals surface area contributed by atoms with Gasteiger partial charge in [0.25, 0.3) is 0 Å². The van der Waals surface area contributed by atoms with Gasteiger partial charge in [-0.1, -0.05) is 12.1 Å². The summed E-state index contributed by atoms with van der Waals surface area (Å²) in [5.74, 6) is 1.15. The van der Waals surface area contributed by atoms with Gasteiger partial charge in [0, 0.05) is 30.5 Å². The number of hydrogen-bond donors (Lipinski definition) is 1. The Balaban J connectivity index is 0.00000153. The summed E-state index contributed by atoms with van der Waals surface area (Å²) >= 11 is 0. The third-order valence-corrected chi connectivity index (χ3v) is 7.33. The molecule has 5 rings (SSSR count). The molecule has 0 bridgehead atoms. The minimum atomic E-state index is -1.32. The number of aromatic amines is 1. The van der Waals surface area contributed by atoms with Crippen LogP contribution in [0, 0.1) is 12.8 Å². The number of aromatic nitrogens is 3. The van der Waals surface area contributed by atoms with Gasteiger partial charge in [-0.05, 0) is 38.0 Å². The van der Waals surface area contributed by atoms with Crippen LogP contribution >= 0.6 is 0 Å². The van der Waals surface area contributed by atoms with Crippen LogP contribution < -0.4 is 34.3 Å². The van der Waals surface area contributed by atoms with Crippen molar-refractivity contribution >= 4 is 21.8 Å². The van der Waals surface area contributed by atoms with Crippen molar-refractivity contribution in [2.24, 2.45) is 5.92 Å². The van der Waals surface area contributed by atoms with E-state index >= 15 is 0 Å².